The van der Waals surface area contributed by atoms with Gasteiger partial charge in [0.2, 0.25) is 0 Å². The van der Waals surface area contributed by atoms with Gasteiger partial charge in [0, 0.05) is 15.7 Å². The smallest absolute Gasteiger partial charge is 0.0499 e. The number of hydrogen-bond donors (Lipinski definition) is 0. The molecule has 0 fully saturated rings. The Bertz CT molecular complexity index is 121. The van der Waals surface area contributed by atoms with E-state index in [1.807, 2.05) is 45.1 Å². The molecule has 10 heavy (non-hydrogen) atoms. The van der Waals surface area contributed by atoms with Crippen LogP contribution in [0.1, 0.15) is 6.92 Å². The maximum absolute atomic E-state index is 2.24. The quantitative estimate of drug-likeness (QED) is 0.385. The zero-order valence-electron chi connectivity index (χ0n) is 5.83. The first-order valence-corrected chi connectivity index (χ1v) is 7.63. The maximum atomic E-state index is 2.24. The topological polar surface area (TPSA) is 0 Å². The molecule has 4 heteroatoms. The Morgan fingerprint density at radius 1 is 1.70 bits per heavy atom. The SMILES string of the molecule is CCSCSSC1=CSC1. The number of thioether (sulfide) groups is 2. The molecule has 0 amide bonds. The molecule has 1 aliphatic heterocycles. The van der Waals surface area contributed by atoms with Crippen molar-refractivity contribution in [3.63, 3.8) is 0 Å². The van der Waals surface area contributed by atoms with Crippen molar-refractivity contribution >= 4 is 45.1 Å². The van der Waals surface area contributed by atoms with Crippen LogP contribution in [0, 0.1) is 0 Å². The molecule has 0 aromatic heterocycles. The van der Waals surface area contributed by atoms with Gasteiger partial charge in [-0.05, 0) is 11.2 Å². The highest BCUT2D eigenvalue weighted by atomic mass is 33.1. The van der Waals surface area contributed by atoms with Crippen molar-refractivity contribution in [3.8, 4) is 0 Å². The molecule has 0 aromatic carbocycles. The highest BCUT2D eigenvalue weighted by molar-refractivity contribution is 8.79. The molecule has 0 saturated carbocycles. The summed E-state index contributed by atoms with van der Waals surface area (Å²) in [6, 6.07) is 0. The van der Waals surface area contributed by atoms with Gasteiger partial charge in [0.15, 0.2) is 0 Å². The highest BCUT2D eigenvalue weighted by Gasteiger charge is 2.05. The van der Waals surface area contributed by atoms with Crippen LogP contribution in [-0.4, -0.2) is 16.6 Å². The molecule has 0 spiro atoms. The van der Waals surface area contributed by atoms with E-state index in [4.69, 9.17) is 0 Å². The van der Waals surface area contributed by atoms with E-state index in [-0.39, 0.29) is 0 Å². The van der Waals surface area contributed by atoms with Crippen LogP contribution in [0.3, 0.4) is 0 Å². The van der Waals surface area contributed by atoms with E-state index >= 15 is 0 Å². The van der Waals surface area contributed by atoms with Crippen LogP contribution in [0.5, 0.6) is 0 Å². The van der Waals surface area contributed by atoms with E-state index in [2.05, 4.69) is 12.3 Å². The molecule has 0 nitrogen and oxygen atoms in total. The van der Waals surface area contributed by atoms with Crippen LogP contribution >= 0.6 is 45.1 Å². The Balaban J connectivity index is 1.85. The molecular formula is C6H10S4. The lowest BCUT2D eigenvalue weighted by Crippen LogP contribution is -1.86. The molecule has 1 rings (SSSR count). The van der Waals surface area contributed by atoms with Gasteiger partial charge in [0.05, 0.1) is 0 Å². The zero-order chi connectivity index (χ0) is 7.23. The minimum absolute atomic E-state index is 1.23. The normalized spacial score (nSPS) is 16.3. The van der Waals surface area contributed by atoms with Gasteiger partial charge >= 0.3 is 0 Å². The van der Waals surface area contributed by atoms with Crippen LogP contribution in [0.2, 0.25) is 0 Å². The number of hydrogen-bond acceptors (Lipinski definition) is 4. The van der Waals surface area contributed by atoms with E-state index in [9.17, 15) is 0 Å². The maximum Gasteiger partial charge on any atom is 0.0499 e. The standard InChI is InChI=1S/C6H10S4/c1-2-7-5-9-10-6-3-8-4-6/h3H,2,4-5H2,1H3. The fourth-order valence-corrected chi connectivity index (χ4v) is 5.04. The lowest BCUT2D eigenvalue weighted by Gasteiger charge is -2.10. The predicted molar refractivity (Wildman–Crippen MR) is 58.7 cm³/mol. The Morgan fingerprint density at radius 2 is 2.50 bits per heavy atom. The summed E-state index contributed by atoms with van der Waals surface area (Å²) in [7, 11) is 3.90. The van der Waals surface area contributed by atoms with Gasteiger partial charge in [0.1, 0.15) is 0 Å². The van der Waals surface area contributed by atoms with Gasteiger partial charge in [-0.2, -0.15) is 11.8 Å². The fourth-order valence-electron chi connectivity index (χ4n) is 0.412. The van der Waals surface area contributed by atoms with Crippen molar-refractivity contribution in [3.05, 3.63) is 10.3 Å². The van der Waals surface area contributed by atoms with E-state index in [0.29, 0.717) is 0 Å². The van der Waals surface area contributed by atoms with Crippen LogP contribution in [-0.2, 0) is 0 Å². The first-order valence-electron chi connectivity index (χ1n) is 3.11. The second-order valence-electron chi connectivity index (χ2n) is 1.71. The molecule has 0 aliphatic carbocycles. The molecule has 1 heterocycles. The first kappa shape index (κ1) is 9.23. The van der Waals surface area contributed by atoms with Crippen molar-refractivity contribution < 1.29 is 0 Å². The van der Waals surface area contributed by atoms with Gasteiger partial charge < -0.3 is 0 Å². The van der Waals surface area contributed by atoms with Gasteiger partial charge in [-0.3, -0.25) is 0 Å². The highest BCUT2D eigenvalue weighted by Crippen LogP contribution is 2.40. The summed E-state index contributed by atoms with van der Waals surface area (Å²) in [5.41, 5.74) is 0. The third kappa shape index (κ3) is 3.51. The molecular weight excluding hydrogens is 200 g/mol. The van der Waals surface area contributed by atoms with Gasteiger partial charge in [-0.15, -0.1) is 11.8 Å². The Kier molecular flexibility index (Phi) is 5.30. The fraction of sp³-hybridized carbons (Fsp3) is 0.667. The third-order valence-electron chi connectivity index (χ3n) is 0.942. The van der Waals surface area contributed by atoms with Crippen molar-refractivity contribution in [2.24, 2.45) is 0 Å². The number of rotatable bonds is 5. The Morgan fingerprint density at radius 3 is 3.00 bits per heavy atom. The van der Waals surface area contributed by atoms with Crippen LogP contribution < -0.4 is 0 Å². The van der Waals surface area contributed by atoms with E-state index in [1.54, 1.807) is 4.91 Å². The van der Waals surface area contributed by atoms with E-state index < -0.39 is 0 Å². The molecule has 0 atom stereocenters. The van der Waals surface area contributed by atoms with Gasteiger partial charge in [-0.25, -0.2) is 0 Å². The molecule has 58 valence electrons. The summed E-state index contributed by atoms with van der Waals surface area (Å²) in [6.07, 6.45) is 0. The summed E-state index contributed by atoms with van der Waals surface area (Å²) in [6.45, 7) is 2.20. The first-order chi connectivity index (χ1) is 4.93. The minimum Gasteiger partial charge on any atom is -0.150 e. The van der Waals surface area contributed by atoms with Crippen molar-refractivity contribution in [1.29, 1.82) is 0 Å². The second-order valence-corrected chi connectivity index (χ2v) is 6.63. The molecule has 0 radical (unpaired) electrons. The summed E-state index contributed by atoms with van der Waals surface area (Å²) in [4.78, 5) is 1.55. The minimum atomic E-state index is 1.23. The predicted octanol–water partition coefficient (Wildman–Crippen LogP) is 3.67. The Hall–Kier alpha value is 1.14. The molecule has 0 saturated heterocycles. The molecule has 0 N–H and O–H groups in total. The van der Waals surface area contributed by atoms with Crippen molar-refractivity contribution in [2.45, 2.75) is 6.92 Å². The largest absolute Gasteiger partial charge is 0.150 e. The lowest BCUT2D eigenvalue weighted by atomic mass is 10.7. The van der Waals surface area contributed by atoms with Crippen LogP contribution in [0.15, 0.2) is 10.3 Å². The molecule has 0 aromatic rings. The van der Waals surface area contributed by atoms with Gasteiger partial charge in [-0.1, -0.05) is 28.5 Å². The third-order valence-corrected chi connectivity index (χ3v) is 6.12. The van der Waals surface area contributed by atoms with E-state index in [1.165, 1.54) is 16.6 Å². The molecule has 0 bridgehead atoms. The molecule has 1 aliphatic rings. The van der Waals surface area contributed by atoms with E-state index in [0.717, 1.165) is 0 Å². The average molecular weight is 210 g/mol. The van der Waals surface area contributed by atoms with Crippen molar-refractivity contribution in [2.75, 3.05) is 16.6 Å². The Labute approximate surface area is 78.8 Å². The summed E-state index contributed by atoms with van der Waals surface area (Å²) in [5.74, 6) is 2.48. The lowest BCUT2D eigenvalue weighted by molar-refractivity contribution is 1.53. The second kappa shape index (κ2) is 5.75. The monoisotopic (exact) mass is 210 g/mol. The molecule has 0 unspecified atom stereocenters. The summed E-state index contributed by atoms with van der Waals surface area (Å²) in [5, 5.41) is 3.47. The van der Waals surface area contributed by atoms with Crippen LogP contribution in [0.4, 0.5) is 0 Å². The van der Waals surface area contributed by atoms with Crippen molar-refractivity contribution in [1.82, 2.24) is 0 Å². The summed E-state index contributed by atoms with van der Waals surface area (Å²) < 4.78 is 0. The zero-order valence-corrected chi connectivity index (χ0v) is 9.10. The van der Waals surface area contributed by atoms with Gasteiger partial charge in [0.25, 0.3) is 0 Å². The van der Waals surface area contributed by atoms with Crippen LogP contribution in [0.25, 0.3) is 0 Å². The summed E-state index contributed by atoms with van der Waals surface area (Å²) >= 11 is 3.90. The average Bonchev–Trinajstić information content (AvgIpc) is 1.84.